The summed E-state index contributed by atoms with van der Waals surface area (Å²) in [5.74, 6) is -4.10. The van der Waals surface area contributed by atoms with Crippen molar-refractivity contribution in [1.29, 1.82) is 5.26 Å². The van der Waals surface area contributed by atoms with Gasteiger partial charge in [0.15, 0.2) is 0 Å². The molecule has 0 aliphatic carbocycles. The van der Waals surface area contributed by atoms with E-state index in [1.54, 1.807) is 26.8 Å². The zero-order valence-electron chi connectivity index (χ0n) is 10.2. The molecular weight excluding hydrogens is 230 g/mol. The molecule has 1 fully saturated rings. The van der Waals surface area contributed by atoms with E-state index in [0.29, 0.717) is 0 Å². The molecule has 0 radical (unpaired) electrons. The monoisotopic (exact) mass is 246 g/mol. The first-order valence-corrected chi connectivity index (χ1v) is 5.38. The van der Waals surface area contributed by atoms with Gasteiger partial charge in [0.05, 0.1) is 18.5 Å². The van der Waals surface area contributed by atoms with E-state index in [0.717, 1.165) is 4.90 Å². The first-order chi connectivity index (χ1) is 7.65. The quantitative estimate of drug-likeness (QED) is 0.713. The van der Waals surface area contributed by atoms with Crippen LogP contribution in [0.5, 0.6) is 0 Å². The number of carbonyl (C=O) groups excluding carboxylic acids is 1. The highest BCUT2D eigenvalue weighted by atomic mass is 19.3. The van der Waals surface area contributed by atoms with Gasteiger partial charge in [0.1, 0.15) is 5.60 Å². The summed E-state index contributed by atoms with van der Waals surface area (Å²) in [6.45, 7) is 4.22. The average Bonchev–Trinajstić information content (AvgIpc) is 2.40. The Bertz CT molecular complexity index is 344. The molecule has 0 saturated carbocycles. The number of carbonyl (C=O) groups is 1. The second kappa shape index (κ2) is 4.47. The number of amides is 1. The molecule has 1 rings (SSSR count). The maximum Gasteiger partial charge on any atom is 0.410 e. The lowest BCUT2D eigenvalue weighted by molar-refractivity contribution is -0.0284. The SMILES string of the molecule is CC(C)(C)OC(=O)N1CC(CC#N)C(F)(F)C1. The normalized spacial score (nSPS) is 23.3. The van der Waals surface area contributed by atoms with Gasteiger partial charge in [-0.05, 0) is 20.8 Å². The van der Waals surface area contributed by atoms with Crippen LogP contribution in [0.25, 0.3) is 0 Å². The van der Waals surface area contributed by atoms with Crippen molar-refractivity contribution in [2.45, 2.75) is 38.7 Å². The highest BCUT2D eigenvalue weighted by Gasteiger charge is 2.50. The third-order valence-electron chi connectivity index (χ3n) is 2.43. The minimum atomic E-state index is -3.01. The summed E-state index contributed by atoms with van der Waals surface area (Å²) in [4.78, 5) is 12.6. The summed E-state index contributed by atoms with van der Waals surface area (Å²) in [5, 5.41) is 8.45. The topological polar surface area (TPSA) is 53.3 Å². The first-order valence-electron chi connectivity index (χ1n) is 5.38. The Morgan fingerprint density at radius 2 is 2.18 bits per heavy atom. The van der Waals surface area contributed by atoms with Crippen LogP contribution in [0, 0.1) is 17.2 Å². The number of nitrogens with zero attached hydrogens (tertiary/aromatic N) is 2. The number of nitriles is 1. The van der Waals surface area contributed by atoms with Gasteiger partial charge in [-0.15, -0.1) is 0 Å². The number of hydrogen-bond acceptors (Lipinski definition) is 3. The molecule has 0 aromatic rings. The largest absolute Gasteiger partial charge is 0.444 e. The van der Waals surface area contributed by atoms with Crippen molar-refractivity contribution < 1.29 is 18.3 Å². The third kappa shape index (κ3) is 3.55. The maximum absolute atomic E-state index is 13.4. The van der Waals surface area contributed by atoms with E-state index in [9.17, 15) is 13.6 Å². The van der Waals surface area contributed by atoms with Gasteiger partial charge in [-0.2, -0.15) is 5.26 Å². The molecule has 1 unspecified atom stereocenters. The average molecular weight is 246 g/mol. The van der Waals surface area contributed by atoms with Crippen LogP contribution in [0.1, 0.15) is 27.2 Å². The van der Waals surface area contributed by atoms with Crippen LogP contribution >= 0.6 is 0 Å². The van der Waals surface area contributed by atoms with E-state index < -0.39 is 30.1 Å². The lowest BCUT2D eigenvalue weighted by Crippen LogP contribution is -2.36. The van der Waals surface area contributed by atoms with E-state index in [-0.39, 0.29) is 13.0 Å². The number of halogens is 2. The Morgan fingerprint density at radius 3 is 2.65 bits per heavy atom. The lowest BCUT2D eigenvalue weighted by Gasteiger charge is -2.24. The van der Waals surface area contributed by atoms with Crippen molar-refractivity contribution in [1.82, 2.24) is 4.90 Å². The van der Waals surface area contributed by atoms with Gasteiger partial charge >= 0.3 is 6.09 Å². The predicted octanol–water partition coefficient (Wildman–Crippen LogP) is 2.40. The van der Waals surface area contributed by atoms with E-state index in [2.05, 4.69) is 0 Å². The predicted molar refractivity (Wildman–Crippen MR) is 56.5 cm³/mol. The first kappa shape index (κ1) is 13.7. The minimum absolute atomic E-state index is 0.129. The van der Waals surface area contributed by atoms with E-state index in [1.165, 1.54) is 0 Å². The molecular formula is C11H16F2N2O2. The summed E-state index contributed by atoms with van der Waals surface area (Å²) in [5.41, 5.74) is -0.709. The van der Waals surface area contributed by atoms with Crippen molar-refractivity contribution in [3.8, 4) is 6.07 Å². The van der Waals surface area contributed by atoms with Gasteiger partial charge in [-0.25, -0.2) is 13.6 Å². The van der Waals surface area contributed by atoms with Crippen LogP contribution in [-0.4, -0.2) is 35.6 Å². The molecule has 0 N–H and O–H groups in total. The summed E-state index contributed by atoms with van der Waals surface area (Å²) >= 11 is 0. The molecule has 6 heteroatoms. The van der Waals surface area contributed by atoms with Crippen molar-refractivity contribution in [3.63, 3.8) is 0 Å². The van der Waals surface area contributed by atoms with Crippen LogP contribution in [0.3, 0.4) is 0 Å². The Labute approximate surface area is 99.1 Å². The van der Waals surface area contributed by atoms with Gasteiger partial charge < -0.3 is 9.64 Å². The number of hydrogen-bond donors (Lipinski definition) is 0. The van der Waals surface area contributed by atoms with Gasteiger partial charge in [0, 0.05) is 13.0 Å². The van der Waals surface area contributed by atoms with Crippen molar-refractivity contribution in [3.05, 3.63) is 0 Å². The van der Waals surface area contributed by atoms with Crippen LogP contribution < -0.4 is 0 Å². The molecule has 1 heterocycles. The van der Waals surface area contributed by atoms with Crippen molar-refractivity contribution in [2.24, 2.45) is 5.92 Å². The number of alkyl halides is 2. The van der Waals surface area contributed by atoms with E-state index >= 15 is 0 Å². The number of likely N-dealkylation sites (tertiary alicyclic amines) is 1. The Hall–Kier alpha value is -1.38. The van der Waals surface area contributed by atoms with E-state index in [4.69, 9.17) is 10.00 Å². The molecule has 1 atom stereocenters. The second-order valence-corrected chi connectivity index (χ2v) is 5.18. The summed E-state index contributed by atoms with van der Waals surface area (Å²) in [6.07, 6.45) is -1.01. The molecule has 0 aromatic carbocycles. The Kier molecular flexibility index (Phi) is 3.60. The molecule has 0 spiro atoms. The van der Waals surface area contributed by atoms with Crippen LogP contribution in [0.15, 0.2) is 0 Å². The molecule has 1 saturated heterocycles. The van der Waals surface area contributed by atoms with E-state index in [1.807, 2.05) is 0 Å². The smallest absolute Gasteiger partial charge is 0.410 e. The van der Waals surface area contributed by atoms with Gasteiger partial charge in [-0.1, -0.05) is 0 Å². The fourth-order valence-corrected chi connectivity index (χ4v) is 1.64. The van der Waals surface area contributed by atoms with Gasteiger partial charge in [0.2, 0.25) is 0 Å². The Balaban J connectivity index is 2.65. The summed E-state index contributed by atoms with van der Waals surface area (Å²) < 4.78 is 31.9. The van der Waals surface area contributed by atoms with Gasteiger partial charge in [-0.3, -0.25) is 0 Å². The zero-order chi connectivity index (χ0) is 13.3. The molecule has 1 aliphatic rings. The maximum atomic E-state index is 13.4. The minimum Gasteiger partial charge on any atom is -0.444 e. The fraction of sp³-hybridized carbons (Fsp3) is 0.818. The van der Waals surface area contributed by atoms with Crippen molar-refractivity contribution >= 4 is 6.09 Å². The number of ether oxygens (including phenoxy) is 1. The molecule has 96 valence electrons. The highest BCUT2D eigenvalue weighted by molar-refractivity contribution is 5.68. The van der Waals surface area contributed by atoms with Crippen LogP contribution in [-0.2, 0) is 4.74 Å². The third-order valence-corrected chi connectivity index (χ3v) is 2.43. The summed E-state index contributed by atoms with van der Waals surface area (Å²) in [7, 11) is 0. The standard InChI is InChI=1S/C11H16F2N2O2/c1-10(2,3)17-9(16)15-6-8(4-5-14)11(12,13)7-15/h8H,4,6-7H2,1-3H3. The molecule has 0 bridgehead atoms. The van der Waals surface area contributed by atoms with Crippen molar-refractivity contribution in [2.75, 3.05) is 13.1 Å². The summed E-state index contributed by atoms with van der Waals surface area (Å²) in [6, 6.07) is 1.71. The zero-order valence-corrected chi connectivity index (χ0v) is 10.2. The highest BCUT2D eigenvalue weighted by Crippen LogP contribution is 2.35. The molecule has 1 aliphatic heterocycles. The van der Waals surface area contributed by atoms with Crippen LogP contribution in [0.2, 0.25) is 0 Å². The Morgan fingerprint density at radius 1 is 1.59 bits per heavy atom. The number of rotatable bonds is 1. The molecule has 0 aromatic heterocycles. The van der Waals surface area contributed by atoms with Crippen LogP contribution in [0.4, 0.5) is 13.6 Å². The molecule has 17 heavy (non-hydrogen) atoms. The second-order valence-electron chi connectivity index (χ2n) is 5.18. The lowest BCUT2D eigenvalue weighted by atomic mass is 10.0. The molecule has 1 amide bonds. The molecule has 4 nitrogen and oxygen atoms in total. The van der Waals surface area contributed by atoms with Gasteiger partial charge in [0.25, 0.3) is 5.92 Å². The fourth-order valence-electron chi connectivity index (χ4n) is 1.64.